The molecular formula is C33H25ClN2O5. The number of hydrogen-bond donors (Lipinski definition) is 1. The van der Waals surface area contributed by atoms with Gasteiger partial charge in [0.1, 0.15) is 24.0 Å². The summed E-state index contributed by atoms with van der Waals surface area (Å²) in [6.45, 7) is 0.352. The Morgan fingerprint density at radius 2 is 1.59 bits per heavy atom. The average molecular weight is 565 g/mol. The van der Waals surface area contributed by atoms with Gasteiger partial charge in [-0.3, -0.25) is 4.79 Å². The van der Waals surface area contributed by atoms with Crippen molar-refractivity contribution < 1.29 is 23.5 Å². The van der Waals surface area contributed by atoms with Gasteiger partial charge in [-0.2, -0.15) is 5.26 Å². The highest BCUT2D eigenvalue weighted by Crippen LogP contribution is 2.28. The van der Waals surface area contributed by atoms with Crippen molar-refractivity contribution in [3.63, 3.8) is 0 Å². The number of methoxy groups -OCH3 is 1. The van der Waals surface area contributed by atoms with E-state index in [1.165, 1.54) is 7.11 Å². The van der Waals surface area contributed by atoms with Crippen LogP contribution in [-0.4, -0.2) is 25.0 Å². The summed E-state index contributed by atoms with van der Waals surface area (Å²) in [5.74, 6) is -0.349. The summed E-state index contributed by atoms with van der Waals surface area (Å²) in [4.78, 5) is 25.6. The molecule has 0 saturated carbocycles. The maximum absolute atomic E-state index is 13.1. The van der Waals surface area contributed by atoms with Crippen molar-refractivity contribution in [2.24, 2.45) is 0 Å². The number of nitrogens with zero attached hydrogens (tertiary/aromatic N) is 1. The van der Waals surface area contributed by atoms with Crippen LogP contribution in [0.5, 0.6) is 5.75 Å². The number of rotatable bonds is 9. The van der Waals surface area contributed by atoms with E-state index in [0.717, 1.165) is 27.6 Å². The molecule has 1 amide bonds. The largest absolute Gasteiger partial charge is 0.489 e. The summed E-state index contributed by atoms with van der Waals surface area (Å²) < 4.78 is 16.6. The van der Waals surface area contributed by atoms with Gasteiger partial charge < -0.3 is 19.2 Å². The van der Waals surface area contributed by atoms with Crippen LogP contribution in [0, 0.1) is 11.3 Å². The minimum absolute atomic E-state index is 0.0914. The van der Waals surface area contributed by atoms with Gasteiger partial charge in [-0.25, -0.2) is 4.79 Å². The fourth-order valence-electron chi connectivity index (χ4n) is 4.33. The van der Waals surface area contributed by atoms with Crippen molar-refractivity contribution in [2.45, 2.75) is 19.1 Å². The first-order chi connectivity index (χ1) is 19.9. The Hall–Kier alpha value is -5.06. The molecule has 0 saturated heterocycles. The highest BCUT2D eigenvalue weighted by Gasteiger charge is 2.24. The van der Waals surface area contributed by atoms with E-state index in [1.54, 1.807) is 30.3 Å². The Bertz CT molecular complexity index is 1720. The first kappa shape index (κ1) is 27.5. The number of esters is 1. The van der Waals surface area contributed by atoms with Gasteiger partial charge in [-0.15, -0.1) is 0 Å². The van der Waals surface area contributed by atoms with E-state index in [4.69, 9.17) is 30.8 Å². The molecule has 0 aliphatic carbocycles. The number of benzene rings is 4. The summed E-state index contributed by atoms with van der Waals surface area (Å²) in [6.07, 6.45) is 0.218. The van der Waals surface area contributed by atoms with Gasteiger partial charge in [0.25, 0.3) is 5.91 Å². The Morgan fingerprint density at radius 3 is 2.27 bits per heavy atom. The van der Waals surface area contributed by atoms with Crippen LogP contribution in [0.2, 0.25) is 5.02 Å². The number of halogens is 1. The second-order valence-electron chi connectivity index (χ2n) is 9.36. The molecule has 0 bridgehead atoms. The molecular weight excluding hydrogens is 540 g/mol. The lowest BCUT2D eigenvalue weighted by Crippen LogP contribution is -2.42. The maximum atomic E-state index is 13.1. The van der Waals surface area contributed by atoms with Crippen molar-refractivity contribution >= 4 is 34.4 Å². The van der Waals surface area contributed by atoms with Crippen LogP contribution in [-0.2, 0) is 22.6 Å². The molecule has 0 fully saturated rings. The third kappa shape index (κ3) is 6.75. The molecule has 0 aliphatic rings. The van der Waals surface area contributed by atoms with Gasteiger partial charge >= 0.3 is 5.97 Å². The van der Waals surface area contributed by atoms with Crippen LogP contribution in [0.1, 0.15) is 27.2 Å². The molecule has 0 unspecified atom stereocenters. The van der Waals surface area contributed by atoms with Crippen LogP contribution < -0.4 is 10.1 Å². The number of nitrogens with one attached hydrogen (secondary N) is 1. The van der Waals surface area contributed by atoms with Crippen LogP contribution in [0.15, 0.2) is 101 Å². The highest BCUT2D eigenvalue weighted by atomic mass is 35.5. The van der Waals surface area contributed by atoms with Crippen LogP contribution in [0.3, 0.4) is 0 Å². The van der Waals surface area contributed by atoms with E-state index in [-0.39, 0.29) is 12.2 Å². The molecule has 1 aromatic heterocycles. The zero-order valence-corrected chi connectivity index (χ0v) is 22.9. The van der Waals surface area contributed by atoms with Crippen molar-refractivity contribution in [3.8, 4) is 22.9 Å². The van der Waals surface area contributed by atoms with Gasteiger partial charge in [0.2, 0.25) is 0 Å². The Morgan fingerprint density at radius 1 is 0.902 bits per heavy atom. The van der Waals surface area contributed by atoms with Gasteiger partial charge in [0.05, 0.1) is 18.7 Å². The van der Waals surface area contributed by atoms with Crippen LogP contribution in [0.4, 0.5) is 0 Å². The smallest absolute Gasteiger partial charge is 0.328 e. The third-order valence-corrected chi connectivity index (χ3v) is 6.82. The third-order valence-electron chi connectivity index (χ3n) is 6.56. The van der Waals surface area contributed by atoms with Crippen molar-refractivity contribution in [2.75, 3.05) is 7.11 Å². The number of ether oxygens (including phenoxy) is 2. The zero-order chi connectivity index (χ0) is 28.8. The minimum Gasteiger partial charge on any atom is -0.489 e. The van der Waals surface area contributed by atoms with Crippen LogP contribution >= 0.6 is 11.6 Å². The predicted molar refractivity (Wildman–Crippen MR) is 156 cm³/mol. The Labute approximate surface area is 241 Å². The van der Waals surface area contributed by atoms with Gasteiger partial charge in [-0.05, 0) is 70.8 Å². The number of amides is 1. The van der Waals surface area contributed by atoms with E-state index in [9.17, 15) is 9.59 Å². The van der Waals surface area contributed by atoms with Crippen molar-refractivity contribution in [1.29, 1.82) is 5.26 Å². The zero-order valence-electron chi connectivity index (χ0n) is 22.1. The van der Waals surface area contributed by atoms with E-state index in [1.807, 2.05) is 66.7 Å². The normalized spacial score (nSPS) is 11.4. The number of fused-ring (bicyclic) bond motifs is 1. The summed E-state index contributed by atoms with van der Waals surface area (Å²) in [6, 6.07) is 30.4. The predicted octanol–water partition coefficient (Wildman–Crippen LogP) is 6.72. The molecule has 5 aromatic rings. The fourth-order valence-corrected chi connectivity index (χ4v) is 4.46. The summed E-state index contributed by atoms with van der Waals surface area (Å²) in [5.41, 5.74) is 4.78. The summed E-state index contributed by atoms with van der Waals surface area (Å²) >= 11 is 6.00. The number of hydrogen-bond acceptors (Lipinski definition) is 6. The molecule has 41 heavy (non-hydrogen) atoms. The molecule has 0 aliphatic heterocycles. The lowest BCUT2D eigenvalue weighted by atomic mass is 10.0. The van der Waals surface area contributed by atoms with E-state index in [0.29, 0.717) is 28.5 Å². The highest BCUT2D eigenvalue weighted by molar-refractivity contribution is 6.30. The van der Waals surface area contributed by atoms with Crippen molar-refractivity contribution in [3.05, 3.63) is 125 Å². The fraction of sp³-hybridized carbons (Fsp3) is 0.121. The second-order valence-corrected chi connectivity index (χ2v) is 9.80. The molecule has 8 heteroatoms. The molecule has 1 atom stereocenters. The monoisotopic (exact) mass is 564 g/mol. The molecule has 204 valence electrons. The molecule has 0 spiro atoms. The average Bonchev–Trinajstić information content (AvgIpc) is 3.44. The van der Waals surface area contributed by atoms with E-state index in [2.05, 4.69) is 11.4 Å². The maximum Gasteiger partial charge on any atom is 0.328 e. The number of furan rings is 1. The number of carbonyl (C=O) groups is 2. The summed E-state index contributed by atoms with van der Waals surface area (Å²) in [5, 5.41) is 13.1. The molecule has 4 aromatic carbocycles. The standard InChI is InChI=1S/C33H25ClN2O5/c1-39-33(38)29(16-21-6-14-28(15-7-21)40-20-23-4-2-22(19-35)3-5-23)36-32(37)31-18-26-9-8-25(17-30(26)41-31)24-10-12-27(34)13-11-24/h2-15,17-18,29H,16,20H2,1H3,(H,36,37)/t29-/m0/s1. The lowest BCUT2D eigenvalue weighted by Gasteiger charge is -2.16. The first-order valence-corrected chi connectivity index (χ1v) is 13.2. The van der Waals surface area contributed by atoms with E-state index >= 15 is 0 Å². The lowest BCUT2D eigenvalue weighted by molar-refractivity contribution is -0.142. The number of carbonyl (C=O) groups excluding carboxylic acids is 2. The topological polar surface area (TPSA) is 102 Å². The Kier molecular flexibility index (Phi) is 8.33. The molecule has 1 N–H and O–H groups in total. The number of nitriles is 1. The van der Waals surface area contributed by atoms with Crippen LogP contribution in [0.25, 0.3) is 22.1 Å². The summed E-state index contributed by atoms with van der Waals surface area (Å²) in [7, 11) is 1.28. The molecule has 1 heterocycles. The second kappa shape index (κ2) is 12.4. The van der Waals surface area contributed by atoms with Gasteiger partial charge in [0.15, 0.2) is 5.76 Å². The van der Waals surface area contributed by atoms with Gasteiger partial charge in [-0.1, -0.05) is 60.1 Å². The minimum atomic E-state index is -0.921. The van der Waals surface area contributed by atoms with Crippen molar-refractivity contribution in [1.82, 2.24) is 5.32 Å². The van der Waals surface area contributed by atoms with Gasteiger partial charge in [0, 0.05) is 16.8 Å². The Balaban J connectivity index is 1.24. The molecule has 7 nitrogen and oxygen atoms in total. The first-order valence-electron chi connectivity index (χ1n) is 12.8. The molecule has 5 rings (SSSR count). The van der Waals surface area contributed by atoms with E-state index < -0.39 is 17.9 Å². The quantitative estimate of drug-likeness (QED) is 0.199. The SMILES string of the molecule is COC(=O)[C@H](Cc1ccc(OCc2ccc(C#N)cc2)cc1)NC(=O)c1cc2ccc(-c3ccc(Cl)cc3)cc2o1. The molecule has 0 radical (unpaired) electrons.